The van der Waals surface area contributed by atoms with Crippen LogP contribution in [0.4, 0.5) is 13.2 Å². The van der Waals surface area contributed by atoms with Crippen molar-refractivity contribution in [3.8, 4) is 0 Å². The Morgan fingerprint density at radius 3 is 2.53 bits per heavy atom. The normalized spacial score (nSPS) is 11.6. The molecule has 8 heteroatoms. The van der Waals surface area contributed by atoms with Gasteiger partial charge in [0.1, 0.15) is 0 Å². The highest BCUT2D eigenvalue weighted by Crippen LogP contribution is 2.36. The number of hydrogen-bond donors (Lipinski definition) is 1. The van der Waals surface area contributed by atoms with E-state index in [-0.39, 0.29) is 10.2 Å². The lowest BCUT2D eigenvalue weighted by Gasteiger charge is -2.06. The summed E-state index contributed by atoms with van der Waals surface area (Å²) in [6.45, 7) is 2.23. The maximum atomic E-state index is 12.6. The van der Waals surface area contributed by atoms with Crippen molar-refractivity contribution < 1.29 is 18.0 Å². The molecule has 0 aliphatic carbocycles. The average Bonchev–Trinajstić information content (AvgIpc) is 2.49. The molecule has 1 aromatic heterocycles. The van der Waals surface area contributed by atoms with Gasteiger partial charge in [-0.25, -0.2) is 0 Å². The first-order valence-electron chi connectivity index (χ1n) is 4.87. The highest BCUT2D eigenvalue weighted by Gasteiger charge is 2.39. The Kier molecular flexibility index (Phi) is 4.18. The first-order chi connectivity index (χ1) is 7.79. The Hall–Kier alpha value is -1.05. The number of hydrogen-bond acceptors (Lipinski definition) is 2. The lowest BCUT2D eigenvalue weighted by Crippen LogP contribution is -2.24. The number of alkyl halides is 3. The smallest absolute Gasteiger partial charge is 0.351 e. The lowest BCUT2D eigenvalue weighted by atomic mass is 10.3. The zero-order valence-corrected chi connectivity index (χ0v) is 10.8. The van der Waals surface area contributed by atoms with Gasteiger partial charge >= 0.3 is 6.18 Å². The molecule has 0 bridgehead atoms. The Labute approximate surface area is 104 Å². The number of halogens is 4. The van der Waals surface area contributed by atoms with E-state index in [1.54, 1.807) is 0 Å². The van der Waals surface area contributed by atoms with Crippen LogP contribution in [0.1, 0.15) is 29.5 Å². The molecule has 0 aliphatic rings. The topological polar surface area (TPSA) is 46.9 Å². The van der Waals surface area contributed by atoms with E-state index >= 15 is 0 Å². The van der Waals surface area contributed by atoms with E-state index in [0.29, 0.717) is 17.6 Å². The van der Waals surface area contributed by atoms with Crippen LogP contribution in [0.3, 0.4) is 0 Å². The van der Waals surface area contributed by atoms with Crippen molar-refractivity contribution in [3.63, 3.8) is 0 Å². The largest absolute Gasteiger partial charge is 0.434 e. The van der Waals surface area contributed by atoms with Gasteiger partial charge < -0.3 is 5.32 Å². The average molecular weight is 314 g/mol. The molecule has 4 nitrogen and oxygen atoms in total. The number of nitrogens with one attached hydrogen (secondary N) is 1. The zero-order chi connectivity index (χ0) is 13.2. The van der Waals surface area contributed by atoms with Crippen LogP contribution in [0.2, 0.25) is 0 Å². The number of carbonyl (C=O) groups excluding carboxylic acids is 1. The Bertz CT molecular complexity index is 428. The molecule has 0 saturated heterocycles. The second-order valence-electron chi connectivity index (χ2n) is 3.39. The molecule has 1 heterocycles. The maximum absolute atomic E-state index is 12.6. The summed E-state index contributed by atoms with van der Waals surface area (Å²) in [7, 11) is 1.14. The van der Waals surface area contributed by atoms with Crippen LogP contribution in [0, 0.1) is 0 Å². The standard InChI is InChI=1S/C9H11BrF3N3O/c1-3-4-14-8(17)6-5(10)7(9(11,12)13)16(2)15-6/h3-4H2,1-2H3,(H,14,17). The molecule has 0 radical (unpaired) electrons. The third-order valence-corrected chi connectivity index (χ3v) is 2.76. The van der Waals surface area contributed by atoms with Gasteiger partial charge in [0.15, 0.2) is 11.4 Å². The monoisotopic (exact) mass is 313 g/mol. The van der Waals surface area contributed by atoms with Crippen molar-refractivity contribution in [2.45, 2.75) is 19.5 Å². The van der Waals surface area contributed by atoms with Gasteiger partial charge in [0, 0.05) is 13.6 Å². The van der Waals surface area contributed by atoms with Crippen molar-refractivity contribution in [1.29, 1.82) is 0 Å². The number of aryl methyl sites for hydroxylation is 1. The minimum Gasteiger partial charge on any atom is -0.351 e. The minimum atomic E-state index is -4.55. The summed E-state index contributed by atoms with van der Waals surface area (Å²) in [6, 6.07) is 0. The third kappa shape index (κ3) is 2.99. The quantitative estimate of drug-likeness (QED) is 0.931. The summed E-state index contributed by atoms with van der Waals surface area (Å²) in [5.74, 6) is -0.621. The number of rotatable bonds is 3. The predicted octanol–water partition coefficient (Wildman–Crippen LogP) is 2.34. The van der Waals surface area contributed by atoms with Crippen LogP contribution in [0.25, 0.3) is 0 Å². The summed E-state index contributed by atoms with van der Waals surface area (Å²) in [4.78, 5) is 11.5. The van der Waals surface area contributed by atoms with E-state index in [9.17, 15) is 18.0 Å². The van der Waals surface area contributed by atoms with Gasteiger partial charge in [0.2, 0.25) is 0 Å². The molecular formula is C9H11BrF3N3O. The third-order valence-electron chi connectivity index (χ3n) is 2.01. The number of amides is 1. The Morgan fingerprint density at radius 1 is 1.53 bits per heavy atom. The summed E-state index contributed by atoms with van der Waals surface area (Å²) in [5, 5.41) is 6.04. The van der Waals surface area contributed by atoms with Crippen molar-refractivity contribution in [1.82, 2.24) is 15.1 Å². The van der Waals surface area contributed by atoms with Crippen molar-refractivity contribution in [2.75, 3.05) is 6.54 Å². The van der Waals surface area contributed by atoms with Gasteiger partial charge in [-0.2, -0.15) is 18.3 Å². The molecule has 0 spiro atoms. The molecule has 0 saturated carbocycles. The lowest BCUT2D eigenvalue weighted by molar-refractivity contribution is -0.144. The van der Waals surface area contributed by atoms with Crippen LogP contribution in [-0.2, 0) is 13.2 Å². The Morgan fingerprint density at radius 2 is 2.12 bits per heavy atom. The summed E-state index contributed by atoms with van der Waals surface area (Å²) in [6.07, 6.45) is -3.85. The molecular weight excluding hydrogens is 303 g/mol. The van der Waals surface area contributed by atoms with Crippen molar-refractivity contribution in [3.05, 3.63) is 15.9 Å². The van der Waals surface area contributed by atoms with Gasteiger partial charge in [0.25, 0.3) is 5.91 Å². The predicted molar refractivity (Wildman–Crippen MR) is 58.5 cm³/mol. The van der Waals surface area contributed by atoms with E-state index in [1.165, 1.54) is 0 Å². The maximum Gasteiger partial charge on any atom is 0.434 e. The van der Waals surface area contributed by atoms with Crippen LogP contribution >= 0.6 is 15.9 Å². The molecule has 0 atom stereocenters. The van der Waals surface area contributed by atoms with Crippen LogP contribution < -0.4 is 5.32 Å². The fraction of sp³-hybridized carbons (Fsp3) is 0.556. The second kappa shape index (κ2) is 5.07. The van der Waals surface area contributed by atoms with E-state index in [4.69, 9.17) is 0 Å². The van der Waals surface area contributed by atoms with Gasteiger partial charge in [-0.05, 0) is 22.4 Å². The zero-order valence-electron chi connectivity index (χ0n) is 9.23. The van der Waals surface area contributed by atoms with E-state index in [2.05, 4.69) is 26.3 Å². The fourth-order valence-electron chi connectivity index (χ4n) is 1.27. The van der Waals surface area contributed by atoms with Gasteiger partial charge in [-0.1, -0.05) is 6.92 Å². The summed E-state index contributed by atoms with van der Waals surface area (Å²) < 4.78 is 38.2. The van der Waals surface area contributed by atoms with E-state index in [1.807, 2.05) is 6.92 Å². The highest BCUT2D eigenvalue weighted by atomic mass is 79.9. The molecule has 0 aromatic carbocycles. The molecule has 0 fully saturated rings. The number of aromatic nitrogens is 2. The molecule has 96 valence electrons. The van der Waals surface area contributed by atoms with Crippen LogP contribution in [0.15, 0.2) is 4.47 Å². The Balaban J connectivity index is 3.09. The summed E-state index contributed by atoms with van der Waals surface area (Å²) in [5.41, 5.74) is -1.23. The van der Waals surface area contributed by atoms with Crippen LogP contribution in [-0.4, -0.2) is 22.2 Å². The molecule has 0 unspecified atom stereocenters. The number of carbonyl (C=O) groups is 1. The first-order valence-corrected chi connectivity index (χ1v) is 5.66. The highest BCUT2D eigenvalue weighted by molar-refractivity contribution is 9.10. The van der Waals surface area contributed by atoms with Crippen LogP contribution in [0.5, 0.6) is 0 Å². The SMILES string of the molecule is CCCNC(=O)c1nn(C)c(C(F)(F)F)c1Br. The molecule has 1 rings (SSSR count). The second-order valence-corrected chi connectivity index (χ2v) is 4.18. The van der Waals surface area contributed by atoms with E-state index < -0.39 is 17.8 Å². The van der Waals surface area contributed by atoms with E-state index in [0.717, 1.165) is 7.05 Å². The minimum absolute atomic E-state index is 0.256. The molecule has 1 N–H and O–H groups in total. The van der Waals surface area contributed by atoms with Crippen molar-refractivity contribution in [2.24, 2.45) is 7.05 Å². The van der Waals surface area contributed by atoms with Gasteiger partial charge in [-0.15, -0.1) is 0 Å². The molecule has 1 aromatic rings. The molecule has 17 heavy (non-hydrogen) atoms. The molecule has 0 aliphatic heterocycles. The van der Waals surface area contributed by atoms with Crippen molar-refractivity contribution >= 4 is 21.8 Å². The molecule has 1 amide bonds. The number of nitrogens with zero attached hydrogens (tertiary/aromatic N) is 2. The van der Waals surface area contributed by atoms with Gasteiger partial charge in [0.05, 0.1) is 4.47 Å². The first kappa shape index (κ1) is 14.0. The summed E-state index contributed by atoms with van der Waals surface area (Å²) >= 11 is 2.77. The fourth-order valence-corrected chi connectivity index (χ4v) is 2.01. The van der Waals surface area contributed by atoms with Gasteiger partial charge in [-0.3, -0.25) is 9.48 Å².